The van der Waals surface area contributed by atoms with E-state index < -0.39 is 0 Å². The van der Waals surface area contributed by atoms with Gasteiger partial charge >= 0.3 is 0 Å². The summed E-state index contributed by atoms with van der Waals surface area (Å²) in [4.78, 5) is 0. The lowest BCUT2D eigenvalue weighted by molar-refractivity contribution is 0.624. The van der Waals surface area contributed by atoms with Crippen LogP contribution in [0, 0.1) is 0 Å². The second-order valence-electron chi connectivity index (χ2n) is 4.87. The minimum Gasteiger partial charge on any atom is -0.241 e. The molecule has 0 N–H and O–H groups in total. The summed E-state index contributed by atoms with van der Waals surface area (Å²) in [5.74, 6) is 0. The number of aromatic nitrogens is 2. The minimum absolute atomic E-state index is 0.0781. The first-order valence-corrected chi connectivity index (χ1v) is 7.49. The van der Waals surface area contributed by atoms with Crippen LogP contribution in [0.5, 0.6) is 0 Å². The van der Waals surface area contributed by atoms with Gasteiger partial charge in [-0.05, 0) is 18.6 Å². The van der Waals surface area contributed by atoms with Crippen molar-refractivity contribution in [1.29, 1.82) is 0 Å². The maximum absolute atomic E-state index is 6.43. The number of hydrogen-bond acceptors (Lipinski definition) is 1. The number of rotatable bonds is 7. The molecule has 0 bridgehead atoms. The summed E-state index contributed by atoms with van der Waals surface area (Å²) in [5.41, 5.74) is 2.19. The van der Waals surface area contributed by atoms with Crippen molar-refractivity contribution in [2.45, 2.75) is 44.4 Å². The van der Waals surface area contributed by atoms with Crippen molar-refractivity contribution in [2.24, 2.45) is 0 Å². The van der Waals surface area contributed by atoms with Crippen LogP contribution < -0.4 is 0 Å². The van der Waals surface area contributed by atoms with Crippen LogP contribution in [0.15, 0.2) is 42.7 Å². The average molecular weight is 277 g/mol. The van der Waals surface area contributed by atoms with Gasteiger partial charge < -0.3 is 0 Å². The fourth-order valence-corrected chi connectivity index (χ4v) is 2.40. The fraction of sp³-hybridized carbons (Fsp3) is 0.438. The Labute approximate surface area is 120 Å². The summed E-state index contributed by atoms with van der Waals surface area (Å²) in [6, 6.07) is 10.1. The lowest BCUT2D eigenvalue weighted by Gasteiger charge is -2.06. The highest BCUT2D eigenvalue weighted by molar-refractivity contribution is 6.20. The summed E-state index contributed by atoms with van der Waals surface area (Å²) in [7, 11) is 0. The Bertz CT molecular complexity index is 479. The van der Waals surface area contributed by atoms with E-state index in [1.807, 2.05) is 47.4 Å². The Kier molecular flexibility index (Phi) is 5.46. The average Bonchev–Trinajstić information content (AvgIpc) is 2.94. The Hall–Kier alpha value is -1.28. The molecule has 0 spiro atoms. The van der Waals surface area contributed by atoms with E-state index in [4.69, 9.17) is 11.6 Å². The van der Waals surface area contributed by atoms with Gasteiger partial charge in [0.15, 0.2) is 0 Å². The third kappa shape index (κ3) is 4.10. The van der Waals surface area contributed by atoms with E-state index in [0.717, 1.165) is 17.7 Å². The summed E-state index contributed by atoms with van der Waals surface area (Å²) in [5, 5.41) is 4.46. The fourth-order valence-electron chi connectivity index (χ4n) is 2.14. The van der Waals surface area contributed by atoms with Gasteiger partial charge in [0.2, 0.25) is 0 Å². The van der Waals surface area contributed by atoms with Gasteiger partial charge in [-0.3, -0.25) is 0 Å². The van der Waals surface area contributed by atoms with Crippen LogP contribution >= 0.6 is 11.6 Å². The van der Waals surface area contributed by atoms with Crippen LogP contribution in [0.25, 0.3) is 5.69 Å². The van der Waals surface area contributed by atoms with Crippen molar-refractivity contribution in [2.75, 3.05) is 0 Å². The molecule has 1 atom stereocenters. The van der Waals surface area contributed by atoms with Crippen molar-refractivity contribution in [3.05, 3.63) is 48.3 Å². The predicted octanol–water partition coefficient (Wildman–Crippen LogP) is 5.12. The maximum Gasteiger partial charge on any atom is 0.0645 e. The van der Waals surface area contributed by atoms with E-state index in [0.29, 0.717) is 0 Å². The van der Waals surface area contributed by atoms with Crippen molar-refractivity contribution >= 4 is 11.6 Å². The first-order chi connectivity index (χ1) is 9.31. The highest BCUT2D eigenvalue weighted by Crippen LogP contribution is 2.26. The number of para-hydroxylation sites is 1. The molecule has 19 heavy (non-hydrogen) atoms. The van der Waals surface area contributed by atoms with Crippen LogP contribution in [0.1, 0.15) is 50.0 Å². The van der Waals surface area contributed by atoms with Gasteiger partial charge in [0.05, 0.1) is 17.3 Å². The minimum atomic E-state index is 0.0781. The van der Waals surface area contributed by atoms with Crippen LogP contribution in [0.2, 0.25) is 0 Å². The smallest absolute Gasteiger partial charge is 0.0645 e. The summed E-state index contributed by atoms with van der Waals surface area (Å²) in [6.45, 7) is 2.22. The maximum atomic E-state index is 6.43. The Morgan fingerprint density at radius 3 is 2.68 bits per heavy atom. The van der Waals surface area contributed by atoms with Gasteiger partial charge in [0, 0.05) is 11.8 Å². The molecule has 0 saturated carbocycles. The largest absolute Gasteiger partial charge is 0.241 e. The zero-order chi connectivity index (χ0) is 13.5. The number of nitrogens with zero attached hydrogens (tertiary/aromatic N) is 2. The van der Waals surface area contributed by atoms with Gasteiger partial charge in [0.1, 0.15) is 0 Å². The molecule has 102 valence electrons. The molecule has 2 rings (SSSR count). The SMILES string of the molecule is CCCCCCC(Cl)c1cnn(-c2ccccc2)c1. The van der Waals surface area contributed by atoms with Crippen LogP contribution in [-0.2, 0) is 0 Å². The highest BCUT2D eigenvalue weighted by atomic mass is 35.5. The third-order valence-corrected chi connectivity index (χ3v) is 3.77. The normalized spacial score (nSPS) is 12.5. The second kappa shape index (κ2) is 7.34. The molecule has 1 unspecified atom stereocenters. The van der Waals surface area contributed by atoms with Crippen molar-refractivity contribution in [3.8, 4) is 5.69 Å². The third-order valence-electron chi connectivity index (χ3n) is 3.30. The summed E-state index contributed by atoms with van der Waals surface area (Å²) < 4.78 is 1.89. The Balaban J connectivity index is 1.93. The first kappa shape index (κ1) is 14.1. The van der Waals surface area contributed by atoms with E-state index in [1.165, 1.54) is 25.7 Å². The van der Waals surface area contributed by atoms with Gasteiger partial charge in [-0.1, -0.05) is 50.8 Å². The van der Waals surface area contributed by atoms with E-state index in [2.05, 4.69) is 12.0 Å². The number of hydrogen-bond donors (Lipinski definition) is 0. The number of alkyl halides is 1. The molecular weight excluding hydrogens is 256 g/mol. The molecule has 0 aliphatic heterocycles. The summed E-state index contributed by atoms with van der Waals surface area (Å²) >= 11 is 6.43. The zero-order valence-electron chi connectivity index (χ0n) is 11.4. The van der Waals surface area contributed by atoms with Gasteiger partial charge in [-0.2, -0.15) is 5.10 Å². The number of benzene rings is 1. The molecule has 0 aliphatic rings. The predicted molar refractivity (Wildman–Crippen MR) is 80.9 cm³/mol. The number of unbranched alkanes of at least 4 members (excludes halogenated alkanes) is 3. The topological polar surface area (TPSA) is 17.8 Å². The molecule has 2 nitrogen and oxygen atoms in total. The molecule has 1 aromatic heterocycles. The number of halogens is 1. The molecule has 0 radical (unpaired) electrons. The molecule has 2 aromatic rings. The van der Waals surface area contributed by atoms with Crippen molar-refractivity contribution in [3.63, 3.8) is 0 Å². The van der Waals surface area contributed by atoms with Crippen LogP contribution in [0.4, 0.5) is 0 Å². The highest BCUT2D eigenvalue weighted by Gasteiger charge is 2.10. The monoisotopic (exact) mass is 276 g/mol. The molecule has 1 heterocycles. The van der Waals surface area contributed by atoms with E-state index in [1.54, 1.807) is 0 Å². The van der Waals surface area contributed by atoms with E-state index in [9.17, 15) is 0 Å². The van der Waals surface area contributed by atoms with Gasteiger partial charge in [-0.25, -0.2) is 4.68 Å². The molecule has 0 saturated heterocycles. The van der Waals surface area contributed by atoms with Gasteiger partial charge in [0.25, 0.3) is 0 Å². The molecule has 0 aliphatic carbocycles. The zero-order valence-corrected chi connectivity index (χ0v) is 12.2. The quantitative estimate of drug-likeness (QED) is 0.507. The van der Waals surface area contributed by atoms with Crippen molar-refractivity contribution in [1.82, 2.24) is 9.78 Å². The van der Waals surface area contributed by atoms with Crippen LogP contribution in [-0.4, -0.2) is 9.78 Å². The molecule has 0 fully saturated rings. The Morgan fingerprint density at radius 1 is 1.16 bits per heavy atom. The summed E-state index contributed by atoms with van der Waals surface area (Å²) in [6.07, 6.45) is 9.97. The Morgan fingerprint density at radius 2 is 1.95 bits per heavy atom. The van der Waals surface area contributed by atoms with Gasteiger partial charge in [-0.15, -0.1) is 11.6 Å². The molecule has 3 heteroatoms. The van der Waals surface area contributed by atoms with Crippen molar-refractivity contribution < 1.29 is 0 Å². The first-order valence-electron chi connectivity index (χ1n) is 7.05. The lowest BCUT2D eigenvalue weighted by Crippen LogP contribution is -1.93. The molecule has 1 aromatic carbocycles. The standard InChI is InChI=1S/C16H21ClN2/c1-2-3-4-8-11-16(17)14-12-18-19(13-14)15-9-6-5-7-10-15/h5-7,9-10,12-13,16H,2-4,8,11H2,1H3. The molecule has 0 amide bonds. The van der Waals surface area contributed by atoms with Crippen LogP contribution in [0.3, 0.4) is 0 Å². The second-order valence-corrected chi connectivity index (χ2v) is 5.40. The van der Waals surface area contributed by atoms with E-state index >= 15 is 0 Å². The lowest BCUT2D eigenvalue weighted by atomic mass is 10.1. The van der Waals surface area contributed by atoms with E-state index in [-0.39, 0.29) is 5.38 Å². The molecular formula is C16H21ClN2.